The highest BCUT2D eigenvalue weighted by Gasteiger charge is 2.25. The van der Waals surface area contributed by atoms with Gasteiger partial charge in [0.1, 0.15) is 0 Å². The van der Waals surface area contributed by atoms with E-state index in [0.717, 1.165) is 37.7 Å². The van der Waals surface area contributed by atoms with Crippen LogP contribution in [0.2, 0.25) is 0 Å². The zero-order chi connectivity index (χ0) is 13.7. The summed E-state index contributed by atoms with van der Waals surface area (Å²) in [4.78, 5) is 12.3. The highest BCUT2D eigenvalue weighted by molar-refractivity contribution is 5.93. The van der Waals surface area contributed by atoms with Crippen molar-refractivity contribution in [3.05, 3.63) is 11.1 Å². The van der Waals surface area contributed by atoms with Crippen molar-refractivity contribution in [2.24, 2.45) is 5.92 Å². The van der Waals surface area contributed by atoms with Crippen molar-refractivity contribution >= 4 is 5.91 Å². The molecule has 2 fully saturated rings. The number of allylic oxidation sites excluding steroid dienone is 1. The van der Waals surface area contributed by atoms with Gasteiger partial charge in [-0.25, -0.2) is 0 Å². The Morgan fingerprint density at radius 2 is 1.84 bits per heavy atom. The van der Waals surface area contributed by atoms with Crippen LogP contribution in [0.25, 0.3) is 0 Å². The lowest BCUT2D eigenvalue weighted by molar-refractivity contribution is -0.118. The molecule has 2 unspecified atom stereocenters. The van der Waals surface area contributed by atoms with E-state index in [2.05, 4.69) is 5.32 Å². The summed E-state index contributed by atoms with van der Waals surface area (Å²) in [6.45, 7) is 2.15. The second kappa shape index (κ2) is 7.09. The number of rotatable bonds is 3. The summed E-state index contributed by atoms with van der Waals surface area (Å²) in [6.07, 6.45) is 10.3. The Kier molecular flexibility index (Phi) is 5.44. The van der Waals surface area contributed by atoms with Crippen molar-refractivity contribution < 1.29 is 9.90 Å². The smallest absolute Gasteiger partial charge is 0.247 e. The van der Waals surface area contributed by atoms with Crippen molar-refractivity contribution in [2.75, 3.05) is 6.61 Å². The van der Waals surface area contributed by atoms with E-state index >= 15 is 0 Å². The molecule has 0 aromatic rings. The maximum Gasteiger partial charge on any atom is 0.247 e. The Hall–Kier alpha value is -0.830. The summed E-state index contributed by atoms with van der Waals surface area (Å²) in [5.74, 6) is 0.343. The van der Waals surface area contributed by atoms with Crippen molar-refractivity contribution in [1.29, 1.82) is 0 Å². The molecular weight excluding hydrogens is 238 g/mol. The second-order valence-corrected chi connectivity index (χ2v) is 6.10. The predicted molar refractivity (Wildman–Crippen MR) is 76.8 cm³/mol. The molecule has 2 saturated carbocycles. The van der Waals surface area contributed by atoms with Gasteiger partial charge in [0.25, 0.3) is 0 Å². The average molecular weight is 265 g/mol. The van der Waals surface area contributed by atoms with Gasteiger partial charge in [0.2, 0.25) is 5.91 Å². The Labute approximate surface area is 116 Å². The first-order chi connectivity index (χ1) is 9.22. The van der Waals surface area contributed by atoms with E-state index in [1.807, 2.05) is 6.92 Å². The fourth-order valence-electron chi connectivity index (χ4n) is 3.41. The van der Waals surface area contributed by atoms with Crippen LogP contribution in [-0.4, -0.2) is 23.7 Å². The van der Waals surface area contributed by atoms with Gasteiger partial charge in [0, 0.05) is 24.1 Å². The molecule has 2 N–H and O–H groups in total. The SMILES string of the molecule is CC(C(=O)NC1CCCCCC1CO)=C1CCCC1. The minimum absolute atomic E-state index is 0.0993. The minimum Gasteiger partial charge on any atom is -0.396 e. The number of nitrogens with one attached hydrogen (secondary N) is 1. The van der Waals surface area contributed by atoms with E-state index in [9.17, 15) is 9.90 Å². The van der Waals surface area contributed by atoms with Crippen molar-refractivity contribution in [2.45, 2.75) is 70.8 Å². The summed E-state index contributed by atoms with van der Waals surface area (Å²) < 4.78 is 0. The Balaban J connectivity index is 1.98. The molecule has 1 amide bonds. The number of aliphatic hydroxyl groups is 1. The maximum absolute atomic E-state index is 12.3. The van der Waals surface area contributed by atoms with Crippen LogP contribution in [-0.2, 0) is 4.79 Å². The van der Waals surface area contributed by atoms with Crippen LogP contribution in [0.3, 0.4) is 0 Å². The molecule has 2 aliphatic carbocycles. The normalized spacial score (nSPS) is 28.0. The van der Waals surface area contributed by atoms with Gasteiger partial charge in [-0.15, -0.1) is 0 Å². The molecule has 108 valence electrons. The van der Waals surface area contributed by atoms with Gasteiger partial charge in [-0.3, -0.25) is 4.79 Å². The first-order valence-electron chi connectivity index (χ1n) is 7.82. The molecule has 0 heterocycles. The van der Waals surface area contributed by atoms with Crippen LogP contribution in [0.5, 0.6) is 0 Å². The molecule has 19 heavy (non-hydrogen) atoms. The molecule has 3 heteroatoms. The lowest BCUT2D eigenvalue weighted by Crippen LogP contribution is -2.41. The fourth-order valence-corrected chi connectivity index (χ4v) is 3.41. The Bertz CT molecular complexity index is 341. The highest BCUT2D eigenvalue weighted by atomic mass is 16.3. The van der Waals surface area contributed by atoms with E-state index in [0.29, 0.717) is 0 Å². The number of carbonyl (C=O) groups excluding carboxylic acids is 1. The van der Waals surface area contributed by atoms with Crippen LogP contribution in [0, 0.1) is 5.92 Å². The molecule has 0 aromatic heterocycles. The third-order valence-electron chi connectivity index (χ3n) is 4.79. The van der Waals surface area contributed by atoms with Gasteiger partial charge < -0.3 is 10.4 Å². The van der Waals surface area contributed by atoms with E-state index in [4.69, 9.17) is 0 Å². The second-order valence-electron chi connectivity index (χ2n) is 6.10. The zero-order valence-corrected chi connectivity index (χ0v) is 12.1. The lowest BCUT2D eigenvalue weighted by Gasteiger charge is -2.25. The molecule has 0 aliphatic heterocycles. The first kappa shape index (κ1) is 14.6. The molecule has 0 saturated heterocycles. The molecule has 0 bridgehead atoms. The van der Waals surface area contributed by atoms with Crippen molar-refractivity contribution in [3.8, 4) is 0 Å². The molecule has 0 radical (unpaired) electrons. The Morgan fingerprint density at radius 1 is 1.16 bits per heavy atom. The Morgan fingerprint density at radius 3 is 2.53 bits per heavy atom. The molecule has 2 rings (SSSR count). The quantitative estimate of drug-likeness (QED) is 0.609. The van der Waals surface area contributed by atoms with Gasteiger partial charge in [0.05, 0.1) is 0 Å². The monoisotopic (exact) mass is 265 g/mol. The number of hydrogen-bond donors (Lipinski definition) is 2. The number of hydrogen-bond acceptors (Lipinski definition) is 2. The molecule has 3 nitrogen and oxygen atoms in total. The average Bonchev–Trinajstić information content (AvgIpc) is 2.86. The summed E-state index contributed by atoms with van der Waals surface area (Å²) in [5.41, 5.74) is 2.27. The van der Waals surface area contributed by atoms with Crippen LogP contribution >= 0.6 is 0 Å². The topological polar surface area (TPSA) is 49.3 Å². The van der Waals surface area contributed by atoms with Gasteiger partial charge >= 0.3 is 0 Å². The zero-order valence-electron chi connectivity index (χ0n) is 12.1. The number of amides is 1. The van der Waals surface area contributed by atoms with Crippen LogP contribution < -0.4 is 5.32 Å². The number of carbonyl (C=O) groups is 1. The van der Waals surface area contributed by atoms with E-state index in [1.54, 1.807) is 0 Å². The van der Waals surface area contributed by atoms with Crippen LogP contribution in [0.1, 0.15) is 64.7 Å². The molecular formula is C16H27NO2. The fraction of sp³-hybridized carbons (Fsp3) is 0.812. The van der Waals surface area contributed by atoms with E-state index in [1.165, 1.54) is 31.3 Å². The highest BCUT2D eigenvalue weighted by Crippen LogP contribution is 2.28. The van der Waals surface area contributed by atoms with Crippen molar-refractivity contribution in [1.82, 2.24) is 5.32 Å². The van der Waals surface area contributed by atoms with Gasteiger partial charge in [-0.1, -0.05) is 24.8 Å². The van der Waals surface area contributed by atoms with Gasteiger partial charge in [-0.05, 0) is 45.4 Å². The standard InChI is InChI=1S/C16H27NO2/c1-12(13-7-5-6-8-13)16(19)17-15-10-4-2-3-9-14(15)11-18/h14-15,18H,2-11H2,1H3,(H,17,19). The minimum atomic E-state index is 0.0993. The van der Waals surface area contributed by atoms with Gasteiger partial charge in [-0.2, -0.15) is 0 Å². The first-order valence-corrected chi connectivity index (χ1v) is 7.82. The van der Waals surface area contributed by atoms with E-state index < -0.39 is 0 Å². The van der Waals surface area contributed by atoms with Gasteiger partial charge in [0.15, 0.2) is 0 Å². The predicted octanol–water partition coefficient (Wildman–Crippen LogP) is 2.93. The van der Waals surface area contributed by atoms with Crippen LogP contribution in [0.4, 0.5) is 0 Å². The summed E-state index contributed by atoms with van der Waals surface area (Å²) in [7, 11) is 0. The summed E-state index contributed by atoms with van der Waals surface area (Å²) in [5, 5.41) is 12.7. The lowest BCUT2D eigenvalue weighted by atomic mass is 9.95. The molecule has 0 aromatic carbocycles. The summed E-state index contributed by atoms with van der Waals surface area (Å²) >= 11 is 0. The largest absolute Gasteiger partial charge is 0.396 e. The molecule has 0 spiro atoms. The molecule has 2 atom stereocenters. The van der Waals surface area contributed by atoms with E-state index in [-0.39, 0.29) is 24.5 Å². The van der Waals surface area contributed by atoms with Crippen molar-refractivity contribution in [3.63, 3.8) is 0 Å². The number of aliphatic hydroxyl groups excluding tert-OH is 1. The molecule has 2 aliphatic rings. The van der Waals surface area contributed by atoms with Crippen LogP contribution in [0.15, 0.2) is 11.1 Å². The maximum atomic E-state index is 12.3. The third-order valence-corrected chi connectivity index (χ3v) is 4.79. The summed E-state index contributed by atoms with van der Waals surface area (Å²) in [6, 6.07) is 0.164. The third kappa shape index (κ3) is 3.82.